The van der Waals surface area contributed by atoms with Crippen molar-refractivity contribution >= 4 is 49.9 Å². The molecule has 5 aromatic rings. The lowest BCUT2D eigenvalue weighted by molar-refractivity contribution is 0.609. The molecule has 0 unspecified atom stereocenters. The third kappa shape index (κ3) is 5.40. The zero-order valence-corrected chi connectivity index (χ0v) is 22.9. The summed E-state index contributed by atoms with van der Waals surface area (Å²) in [5.41, 5.74) is 8.63. The highest BCUT2D eigenvalue weighted by Crippen LogP contribution is 2.32. The Bertz CT molecular complexity index is 1910. The average molecular weight is 573 g/mol. The number of halogens is 1. The van der Waals surface area contributed by atoms with Crippen LogP contribution in [0.4, 0.5) is 17.5 Å². The maximum absolute atomic E-state index is 13.8. The molecule has 202 valence electrons. The molecule has 1 atom stereocenters. The molecular weight excluding hydrogens is 548 g/mol. The number of hydrogen-bond donors (Lipinski definition) is 3. The first kappa shape index (κ1) is 26.9. The standard InChI is InChI=1S/C29H25ClN6O3S/c1-3-40(38,39)35-21-11-7-9-19(15-21)23-17-32-29(31)34-27(23)33-18(2)25-16-20-10-8-14-24(30)26(20)28(37)36(25)22-12-5-4-6-13-22/h3-18,35H,1H2,2H3,(H3,31,32,33,34)/t18-/m0/s1. The second kappa shape index (κ2) is 10.8. The molecule has 4 N–H and O–H groups in total. The lowest BCUT2D eigenvalue weighted by atomic mass is 10.1. The molecule has 0 aliphatic heterocycles. The molecule has 2 heterocycles. The number of nitrogens with zero attached hydrogens (tertiary/aromatic N) is 3. The summed E-state index contributed by atoms with van der Waals surface area (Å²) in [4.78, 5) is 22.4. The van der Waals surface area contributed by atoms with E-state index in [9.17, 15) is 13.2 Å². The third-order valence-corrected chi connectivity index (χ3v) is 7.57. The maximum atomic E-state index is 13.8. The van der Waals surface area contributed by atoms with Crippen molar-refractivity contribution in [3.63, 3.8) is 0 Å². The molecule has 3 aromatic carbocycles. The number of sulfonamides is 1. The first-order valence-electron chi connectivity index (χ1n) is 12.2. The average Bonchev–Trinajstić information content (AvgIpc) is 2.93. The number of nitrogen functional groups attached to an aromatic ring is 1. The SMILES string of the molecule is C=CS(=O)(=O)Nc1cccc(-c2cnc(N)nc2N[C@@H](C)c2cc3cccc(Cl)c3c(=O)n2-c2ccccc2)c1. The Morgan fingerprint density at radius 2 is 1.80 bits per heavy atom. The summed E-state index contributed by atoms with van der Waals surface area (Å²) in [7, 11) is -3.69. The summed E-state index contributed by atoms with van der Waals surface area (Å²) in [5.74, 6) is 0.453. The Kier molecular flexibility index (Phi) is 7.29. The maximum Gasteiger partial charge on any atom is 0.264 e. The highest BCUT2D eigenvalue weighted by Gasteiger charge is 2.20. The van der Waals surface area contributed by atoms with Crippen LogP contribution in [0.2, 0.25) is 5.02 Å². The van der Waals surface area contributed by atoms with Crippen LogP contribution in [0.1, 0.15) is 18.7 Å². The van der Waals surface area contributed by atoms with Gasteiger partial charge in [-0.1, -0.05) is 60.6 Å². The van der Waals surface area contributed by atoms with Gasteiger partial charge in [0.15, 0.2) is 0 Å². The van der Waals surface area contributed by atoms with Crippen LogP contribution in [0.15, 0.2) is 102 Å². The van der Waals surface area contributed by atoms with E-state index in [1.807, 2.05) is 49.4 Å². The fraction of sp³-hybridized carbons (Fsp3) is 0.0690. The van der Waals surface area contributed by atoms with Gasteiger partial charge in [0.25, 0.3) is 15.6 Å². The van der Waals surface area contributed by atoms with Crippen molar-refractivity contribution in [3.8, 4) is 16.8 Å². The van der Waals surface area contributed by atoms with E-state index in [0.29, 0.717) is 49.8 Å². The van der Waals surface area contributed by atoms with Crippen LogP contribution < -0.4 is 21.3 Å². The molecule has 0 saturated heterocycles. The second-order valence-corrected chi connectivity index (χ2v) is 11.0. The van der Waals surface area contributed by atoms with Gasteiger partial charge in [-0.3, -0.25) is 14.1 Å². The van der Waals surface area contributed by atoms with Crippen LogP contribution >= 0.6 is 11.6 Å². The van der Waals surface area contributed by atoms with Gasteiger partial charge in [-0.2, -0.15) is 4.98 Å². The zero-order chi connectivity index (χ0) is 28.4. The molecular formula is C29H25ClN6O3S. The van der Waals surface area contributed by atoms with Crippen LogP contribution in [0.3, 0.4) is 0 Å². The van der Waals surface area contributed by atoms with Gasteiger partial charge in [0, 0.05) is 34.2 Å². The normalized spacial score (nSPS) is 12.2. The molecule has 0 aliphatic rings. The predicted molar refractivity (Wildman–Crippen MR) is 161 cm³/mol. The van der Waals surface area contributed by atoms with E-state index in [0.717, 1.165) is 5.41 Å². The molecule has 0 radical (unpaired) electrons. The minimum Gasteiger partial charge on any atom is -0.368 e. The van der Waals surface area contributed by atoms with E-state index < -0.39 is 16.1 Å². The minimum atomic E-state index is -3.69. The van der Waals surface area contributed by atoms with E-state index in [4.69, 9.17) is 17.3 Å². The van der Waals surface area contributed by atoms with Crippen molar-refractivity contribution in [2.24, 2.45) is 0 Å². The van der Waals surface area contributed by atoms with Gasteiger partial charge < -0.3 is 11.1 Å². The van der Waals surface area contributed by atoms with Crippen LogP contribution in [0, 0.1) is 0 Å². The fourth-order valence-corrected chi connectivity index (χ4v) is 5.26. The molecule has 40 heavy (non-hydrogen) atoms. The molecule has 0 bridgehead atoms. The Hall–Kier alpha value is -4.67. The number of pyridine rings is 1. The van der Waals surface area contributed by atoms with Crippen LogP contribution in [-0.4, -0.2) is 23.0 Å². The number of nitrogens with two attached hydrogens (primary N) is 1. The van der Waals surface area contributed by atoms with Crippen molar-refractivity contribution in [2.45, 2.75) is 13.0 Å². The molecule has 2 aromatic heterocycles. The Morgan fingerprint density at radius 1 is 1.05 bits per heavy atom. The Labute approximate surface area is 236 Å². The summed E-state index contributed by atoms with van der Waals surface area (Å²) >= 11 is 6.44. The first-order chi connectivity index (χ1) is 19.2. The van der Waals surface area contributed by atoms with Crippen molar-refractivity contribution < 1.29 is 8.42 Å². The van der Waals surface area contributed by atoms with Gasteiger partial charge in [0.1, 0.15) is 5.82 Å². The van der Waals surface area contributed by atoms with Crippen LogP contribution in [0.5, 0.6) is 0 Å². The summed E-state index contributed by atoms with van der Waals surface area (Å²) in [6, 6.07) is 22.9. The summed E-state index contributed by atoms with van der Waals surface area (Å²) in [6.45, 7) is 5.23. The molecule has 0 saturated carbocycles. The Morgan fingerprint density at radius 3 is 2.55 bits per heavy atom. The molecule has 0 spiro atoms. The van der Waals surface area contributed by atoms with E-state index in [1.54, 1.807) is 47.2 Å². The summed E-state index contributed by atoms with van der Waals surface area (Å²) < 4.78 is 28.1. The van der Waals surface area contributed by atoms with Crippen LogP contribution in [0.25, 0.3) is 27.6 Å². The number of rotatable bonds is 8. The lowest BCUT2D eigenvalue weighted by Crippen LogP contribution is -2.26. The van der Waals surface area contributed by atoms with E-state index in [2.05, 4.69) is 26.6 Å². The molecule has 11 heteroatoms. The van der Waals surface area contributed by atoms with Crippen molar-refractivity contribution in [3.05, 3.63) is 118 Å². The molecule has 0 fully saturated rings. The smallest absolute Gasteiger partial charge is 0.264 e. The van der Waals surface area contributed by atoms with Crippen LogP contribution in [-0.2, 0) is 10.0 Å². The number of fused-ring (bicyclic) bond motifs is 1. The highest BCUT2D eigenvalue weighted by atomic mass is 35.5. The summed E-state index contributed by atoms with van der Waals surface area (Å²) in [5, 5.41) is 5.72. The number of nitrogens with one attached hydrogen (secondary N) is 2. The third-order valence-electron chi connectivity index (χ3n) is 6.30. The number of benzene rings is 3. The van der Waals surface area contributed by atoms with Gasteiger partial charge in [-0.05, 0) is 54.3 Å². The van der Waals surface area contributed by atoms with E-state index in [1.165, 1.54) is 0 Å². The van der Waals surface area contributed by atoms with Gasteiger partial charge in [-0.25, -0.2) is 13.4 Å². The number of anilines is 3. The van der Waals surface area contributed by atoms with Crippen molar-refractivity contribution in [1.29, 1.82) is 0 Å². The van der Waals surface area contributed by atoms with Gasteiger partial charge in [0.2, 0.25) is 5.95 Å². The van der Waals surface area contributed by atoms with E-state index in [-0.39, 0.29) is 11.5 Å². The number of hydrogen-bond acceptors (Lipinski definition) is 7. The highest BCUT2D eigenvalue weighted by molar-refractivity contribution is 7.95. The number of para-hydroxylation sites is 1. The fourth-order valence-electron chi connectivity index (χ4n) is 4.45. The van der Waals surface area contributed by atoms with Gasteiger partial charge in [-0.15, -0.1) is 0 Å². The number of aromatic nitrogens is 3. The lowest BCUT2D eigenvalue weighted by Gasteiger charge is -2.23. The largest absolute Gasteiger partial charge is 0.368 e. The van der Waals surface area contributed by atoms with Crippen molar-refractivity contribution in [2.75, 3.05) is 15.8 Å². The van der Waals surface area contributed by atoms with Gasteiger partial charge >= 0.3 is 0 Å². The summed E-state index contributed by atoms with van der Waals surface area (Å²) in [6.07, 6.45) is 1.56. The quantitative estimate of drug-likeness (QED) is 0.216. The Balaban J connectivity index is 1.62. The molecule has 5 rings (SSSR count). The van der Waals surface area contributed by atoms with Gasteiger partial charge in [0.05, 0.1) is 16.5 Å². The second-order valence-electron chi connectivity index (χ2n) is 9.00. The first-order valence-corrected chi connectivity index (χ1v) is 14.1. The monoisotopic (exact) mass is 572 g/mol. The molecule has 0 amide bonds. The van der Waals surface area contributed by atoms with Crippen molar-refractivity contribution in [1.82, 2.24) is 14.5 Å². The molecule has 0 aliphatic carbocycles. The molecule has 9 nitrogen and oxygen atoms in total. The topological polar surface area (TPSA) is 132 Å². The minimum absolute atomic E-state index is 0.0488. The van der Waals surface area contributed by atoms with E-state index >= 15 is 0 Å². The predicted octanol–water partition coefficient (Wildman–Crippen LogP) is 5.74. The zero-order valence-electron chi connectivity index (χ0n) is 21.4.